The van der Waals surface area contributed by atoms with E-state index in [0.717, 1.165) is 101 Å². The highest BCUT2D eigenvalue weighted by molar-refractivity contribution is 5.88. The van der Waals surface area contributed by atoms with Crippen LogP contribution in [0.25, 0.3) is 10.9 Å². The fourth-order valence-electron chi connectivity index (χ4n) is 7.43. The summed E-state index contributed by atoms with van der Waals surface area (Å²) in [5.41, 5.74) is 1.54. The lowest BCUT2D eigenvalue weighted by Gasteiger charge is -2.44. The lowest BCUT2D eigenvalue weighted by molar-refractivity contribution is -0.0311. The molecule has 53 heavy (non-hydrogen) atoms. The molecule has 0 saturated carbocycles. The number of benzene rings is 3. The van der Waals surface area contributed by atoms with Crippen LogP contribution in [0, 0.1) is 17.6 Å². The Morgan fingerprint density at radius 2 is 1.68 bits per heavy atom. The Hall–Kier alpha value is -4.52. The van der Waals surface area contributed by atoms with Crippen molar-refractivity contribution in [3.8, 4) is 11.5 Å². The van der Waals surface area contributed by atoms with Gasteiger partial charge in [-0.3, -0.25) is 14.6 Å². The van der Waals surface area contributed by atoms with Crippen molar-refractivity contribution >= 4 is 22.7 Å². The van der Waals surface area contributed by atoms with Gasteiger partial charge in [-0.2, -0.15) is 0 Å². The molecule has 1 aromatic heterocycles. The third-order valence-corrected chi connectivity index (χ3v) is 10.3. The lowest BCUT2D eigenvalue weighted by atomic mass is 9.86. The van der Waals surface area contributed by atoms with Crippen LogP contribution in [0.1, 0.15) is 75.0 Å². The van der Waals surface area contributed by atoms with Gasteiger partial charge in [-0.1, -0.05) is 50.3 Å². The molecule has 3 aromatic carbocycles. The number of fused-ring (bicyclic) bond motifs is 4. The number of aromatic nitrogens is 1. The number of anilines is 1. The Morgan fingerprint density at radius 1 is 0.943 bits per heavy atom. The number of pyridine rings is 1. The van der Waals surface area contributed by atoms with E-state index in [1.165, 1.54) is 17.0 Å². The van der Waals surface area contributed by atoms with Crippen molar-refractivity contribution in [1.82, 2.24) is 15.2 Å². The Morgan fingerprint density at radius 3 is 2.42 bits per heavy atom. The molecule has 4 heterocycles. The second-order valence-corrected chi connectivity index (χ2v) is 14.2. The molecule has 3 aliphatic heterocycles. The van der Waals surface area contributed by atoms with Crippen molar-refractivity contribution in [3.63, 3.8) is 0 Å². The highest BCUT2D eigenvalue weighted by Gasteiger charge is 2.37. The van der Waals surface area contributed by atoms with Crippen LogP contribution in [0.4, 0.5) is 19.3 Å². The predicted molar refractivity (Wildman–Crippen MR) is 200 cm³/mol. The molecule has 4 N–H and O–H groups in total. The van der Waals surface area contributed by atoms with E-state index in [9.17, 15) is 28.6 Å². The van der Waals surface area contributed by atoms with Gasteiger partial charge in [-0.25, -0.2) is 13.6 Å². The highest BCUT2D eigenvalue weighted by Crippen LogP contribution is 2.32. The van der Waals surface area contributed by atoms with Gasteiger partial charge in [0.2, 0.25) is 5.56 Å². The van der Waals surface area contributed by atoms with E-state index in [1.807, 2.05) is 24.3 Å². The summed E-state index contributed by atoms with van der Waals surface area (Å²) in [5, 5.41) is 24.7. The van der Waals surface area contributed by atoms with Gasteiger partial charge in [-0.05, 0) is 98.8 Å². The van der Waals surface area contributed by atoms with Crippen molar-refractivity contribution < 1.29 is 33.3 Å². The number of amides is 1. The minimum Gasteiger partial charge on any atom is -0.506 e. The number of unbranched alkanes of at least 4 members (excludes halogenated alkanes) is 6. The number of aliphatic hydroxyl groups is 1. The first-order chi connectivity index (χ1) is 25.7. The maximum atomic E-state index is 14.2. The smallest absolute Gasteiger partial charge is 0.414 e. The summed E-state index contributed by atoms with van der Waals surface area (Å²) >= 11 is 0. The molecule has 2 atom stereocenters. The molecule has 1 amide bonds. The summed E-state index contributed by atoms with van der Waals surface area (Å²) in [4.78, 5) is 31.3. The van der Waals surface area contributed by atoms with E-state index in [-0.39, 0.29) is 29.6 Å². The number of aromatic hydroxyl groups is 1. The molecule has 4 aromatic rings. The first kappa shape index (κ1) is 38.2. The number of halogens is 2. The largest absolute Gasteiger partial charge is 0.506 e. The van der Waals surface area contributed by atoms with Gasteiger partial charge in [0.25, 0.3) is 0 Å². The van der Waals surface area contributed by atoms with Gasteiger partial charge in [0.05, 0.1) is 30.5 Å². The number of aromatic amines is 1. The maximum Gasteiger partial charge on any atom is 0.414 e. The monoisotopic (exact) mass is 732 g/mol. The van der Waals surface area contributed by atoms with Gasteiger partial charge in [0, 0.05) is 30.6 Å². The molecule has 10 nitrogen and oxygen atoms in total. The number of nitrogens with one attached hydrogen (secondary N) is 2. The molecule has 3 aliphatic rings. The van der Waals surface area contributed by atoms with Gasteiger partial charge < -0.3 is 30.0 Å². The summed E-state index contributed by atoms with van der Waals surface area (Å²) in [6.45, 7) is 4.49. The van der Waals surface area contributed by atoms with Crippen molar-refractivity contribution in [2.24, 2.45) is 5.92 Å². The Bertz CT molecular complexity index is 1860. The number of carbonyl (C=O) groups is 1. The minimum atomic E-state index is -0.766. The first-order valence-corrected chi connectivity index (χ1v) is 18.9. The van der Waals surface area contributed by atoms with Crippen molar-refractivity contribution in [2.45, 2.75) is 76.5 Å². The van der Waals surface area contributed by atoms with Crippen LogP contribution in [0.15, 0.2) is 71.5 Å². The van der Waals surface area contributed by atoms with E-state index < -0.39 is 23.8 Å². The molecule has 0 spiro atoms. The highest BCUT2D eigenvalue weighted by atomic mass is 19.1. The number of phenolic OH excluding ortho intramolecular Hbond substituents is 1. The average molecular weight is 733 g/mol. The van der Waals surface area contributed by atoms with Gasteiger partial charge in [0.1, 0.15) is 29.2 Å². The quantitative estimate of drug-likeness (QED) is 0.0793. The fraction of sp³-hybridized carbons (Fsp3) is 0.463. The molecule has 284 valence electrons. The molecule has 3 saturated heterocycles. The number of ether oxygens (including phenoxy) is 2. The molecule has 0 aliphatic carbocycles. The van der Waals surface area contributed by atoms with E-state index >= 15 is 0 Å². The number of aliphatic hydroxyl groups excluding tert-OH is 1. The lowest BCUT2D eigenvalue weighted by Crippen LogP contribution is -2.53. The standard InChI is InChI=1S/C41H50F2N4O6/c42-30-22-31(43)24-32(23-30)47(41(51)53-38-27-46-18-15-29(38)16-19-46)26-28-9-8-10-33(21-28)52-20-7-5-3-1-2-4-6-17-44-25-37(49)34-11-13-36(48)40-35(34)12-14-39(50)45-40/h8-14,21-24,29,37-38,44,48-49H,1-7,15-20,25-27H2,(H,45,50)/t37-,38-/m0/s1. The number of rotatable bonds is 18. The molecule has 3 fully saturated rings. The number of H-pyrrole nitrogens is 1. The summed E-state index contributed by atoms with van der Waals surface area (Å²) in [6, 6.07) is 16.7. The zero-order valence-electron chi connectivity index (χ0n) is 30.1. The van der Waals surface area contributed by atoms with E-state index in [0.29, 0.717) is 47.8 Å². The Labute approximate surface area is 308 Å². The summed E-state index contributed by atoms with van der Waals surface area (Å²) < 4.78 is 40.4. The number of phenols is 1. The first-order valence-electron chi connectivity index (χ1n) is 18.9. The number of nitrogens with zero attached hydrogens (tertiary/aromatic N) is 2. The molecule has 12 heteroatoms. The van der Waals surface area contributed by atoms with Crippen molar-refractivity contribution in [1.29, 1.82) is 0 Å². The van der Waals surface area contributed by atoms with Crippen LogP contribution in [-0.4, -0.2) is 71.6 Å². The van der Waals surface area contributed by atoms with E-state index in [2.05, 4.69) is 15.2 Å². The summed E-state index contributed by atoms with van der Waals surface area (Å²) in [7, 11) is 0. The number of piperidine rings is 3. The van der Waals surface area contributed by atoms with Crippen LogP contribution in [0.3, 0.4) is 0 Å². The Kier molecular flexibility index (Phi) is 13.3. The van der Waals surface area contributed by atoms with Gasteiger partial charge in [0.15, 0.2) is 0 Å². The fourth-order valence-corrected chi connectivity index (χ4v) is 7.43. The minimum absolute atomic E-state index is 0.0257. The van der Waals surface area contributed by atoms with Gasteiger partial charge in [-0.15, -0.1) is 0 Å². The molecule has 7 rings (SSSR count). The van der Waals surface area contributed by atoms with Crippen LogP contribution in [-0.2, 0) is 11.3 Å². The van der Waals surface area contributed by atoms with Crippen LogP contribution in [0.2, 0.25) is 0 Å². The van der Waals surface area contributed by atoms with Crippen LogP contribution < -0.4 is 20.5 Å². The molecule has 0 unspecified atom stereocenters. The molecular weight excluding hydrogens is 682 g/mol. The molecule has 2 bridgehead atoms. The van der Waals surface area contributed by atoms with E-state index in [1.54, 1.807) is 12.1 Å². The zero-order chi connectivity index (χ0) is 37.2. The zero-order valence-corrected chi connectivity index (χ0v) is 30.1. The van der Waals surface area contributed by atoms with Crippen molar-refractivity contribution in [2.75, 3.05) is 44.2 Å². The van der Waals surface area contributed by atoms with Gasteiger partial charge >= 0.3 is 6.09 Å². The van der Waals surface area contributed by atoms with Crippen molar-refractivity contribution in [3.05, 3.63) is 99.8 Å². The SMILES string of the molecule is O=C(O[C@H]1CN2CCC1CC2)N(Cc1cccc(OCCCCCCCCCNC[C@H](O)c2ccc(O)c3[nH]c(=O)ccc23)c1)c1cc(F)cc(F)c1. The van der Waals surface area contributed by atoms with Crippen LogP contribution >= 0.6 is 0 Å². The average Bonchev–Trinajstić information content (AvgIpc) is 3.14. The molecule has 0 radical (unpaired) electrons. The third-order valence-electron chi connectivity index (χ3n) is 10.3. The number of hydrogen-bond donors (Lipinski definition) is 4. The number of carbonyl (C=O) groups excluding carboxylic acids is 1. The number of hydrogen-bond acceptors (Lipinski definition) is 8. The second kappa shape index (κ2) is 18.5. The topological polar surface area (TPSA) is 127 Å². The van der Waals surface area contributed by atoms with Crippen LogP contribution in [0.5, 0.6) is 11.5 Å². The molecular formula is C41H50F2N4O6. The van der Waals surface area contributed by atoms with E-state index in [4.69, 9.17) is 9.47 Å². The normalized spacial score (nSPS) is 18.6. The predicted octanol–water partition coefficient (Wildman–Crippen LogP) is 7.18. The maximum absolute atomic E-state index is 14.2. The second-order valence-electron chi connectivity index (χ2n) is 14.2. The third kappa shape index (κ3) is 10.6. The summed E-state index contributed by atoms with van der Waals surface area (Å²) in [5.74, 6) is -0.571. The summed E-state index contributed by atoms with van der Waals surface area (Å²) in [6.07, 6.45) is 7.72. The Balaban J connectivity index is 0.875.